The summed E-state index contributed by atoms with van der Waals surface area (Å²) < 4.78 is 55.5. The molecule has 45 heavy (non-hydrogen) atoms. The van der Waals surface area contributed by atoms with Crippen LogP contribution in [0.25, 0.3) is 22.3 Å². The molecule has 7 rings (SSSR count). The molecule has 0 saturated carbocycles. The number of aliphatic hydroxyl groups is 1. The number of nitrogens with zero attached hydrogens (tertiary/aromatic N) is 7. The SMILES string of the molecule is CO[PH]1(O)OCC2O[C@@H](n3cnc4c(N)ncnc43)C[C@H]2OP(=O)(O)OCC2OC(n3cnc4c(=O)[nH]c(N)nc43)C(O1)C2O. The molecule has 3 saturated heterocycles. The van der Waals surface area contributed by atoms with Crippen molar-refractivity contribution in [2.24, 2.45) is 0 Å². The van der Waals surface area contributed by atoms with Gasteiger partial charge in [-0.3, -0.25) is 0 Å². The first-order chi connectivity index (χ1) is 21.4. The minimum atomic E-state index is -4.83. The molecule has 0 radical (unpaired) electrons. The Morgan fingerprint density at radius 2 is 1.84 bits per heavy atom. The molecule has 7 heterocycles. The summed E-state index contributed by atoms with van der Waals surface area (Å²) in [4.78, 5) is 57.1. The van der Waals surface area contributed by atoms with Crippen molar-refractivity contribution in [3.8, 4) is 0 Å². The van der Waals surface area contributed by atoms with Gasteiger partial charge in [-0.25, -0.2) is 0 Å². The van der Waals surface area contributed by atoms with Gasteiger partial charge < -0.3 is 0 Å². The molecule has 22 nitrogen and oxygen atoms in total. The number of aromatic amines is 1. The molecule has 244 valence electrons. The van der Waals surface area contributed by atoms with E-state index >= 15 is 0 Å². The van der Waals surface area contributed by atoms with E-state index in [9.17, 15) is 24.3 Å². The van der Waals surface area contributed by atoms with Gasteiger partial charge in [0.1, 0.15) is 0 Å². The first kappa shape index (κ1) is 30.4. The molecule has 4 aromatic rings. The molecule has 24 heteroatoms. The van der Waals surface area contributed by atoms with Gasteiger partial charge in [-0.2, -0.15) is 0 Å². The maximum atomic E-state index is 13.1. The maximum absolute atomic E-state index is 13.1. The molecule has 4 aromatic heterocycles. The summed E-state index contributed by atoms with van der Waals surface area (Å²) in [5.74, 6) is -0.0756. The van der Waals surface area contributed by atoms with Crippen LogP contribution in [-0.4, -0.2) is 105 Å². The number of phosphoric acid groups is 1. The van der Waals surface area contributed by atoms with Gasteiger partial charge in [0.25, 0.3) is 0 Å². The predicted octanol–water partition coefficient (Wildman–Crippen LogP) is -1.36. The van der Waals surface area contributed by atoms with Crippen LogP contribution in [0.15, 0.2) is 23.8 Å². The number of aromatic nitrogens is 8. The van der Waals surface area contributed by atoms with Crippen LogP contribution < -0.4 is 17.0 Å². The van der Waals surface area contributed by atoms with Crippen molar-refractivity contribution < 1.29 is 51.6 Å². The predicted molar refractivity (Wildman–Crippen MR) is 150 cm³/mol. The molecule has 2 bridgehead atoms. The molecular weight excluding hydrogens is 646 g/mol. The van der Waals surface area contributed by atoms with E-state index in [0.29, 0.717) is 11.2 Å². The standard InChI is InChI=1S/C21H28N10O12P2/c1-37-45(36)39-3-9-8(2-11(40-9)30-6-26-12-16(22)24-5-25-17(12)30)42-44(34,35)38-4-10-14(32)15(43-45)20(41-10)31-7-27-13-18(31)28-21(23)29-19(13)33/h5-11,14-15,20,32,36,45H,2-4H2,1H3,(H,34,35)(H2,22,24,25)(H3,23,28,29,33)/t8-,9?,10?,11-,14?,15?,20?/m1/s1. The van der Waals surface area contributed by atoms with Crippen molar-refractivity contribution in [3.63, 3.8) is 0 Å². The molecular formula is C21H28N10O12P2. The van der Waals surface area contributed by atoms with Crippen LogP contribution in [0.3, 0.4) is 0 Å². The van der Waals surface area contributed by atoms with Crippen LogP contribution in [0, 0.1) is 0 Å². The number of hydrogen-bond donors (Lipinski definition) is 6. The van der Waals surface area contributed by atoms with Crippen molar-refractivity contribution in [1.82, 2.24) is 39.0 Å². The summed E-state index contributed by atoms with van der Waals surface area (Å²) >= 11 is 0. The summed E-state index contributed by atoms with van der Waals surface area (Å²) in [6.45, 7) is -1.12. The fourth-order valence-electron chi connectivity index (χ4n) is 5.42. The number of nitrogen functional groups attached to an aromatic ring is 2. The summed E-state index contributed by atoms with van der Waals surface area (Å²) in [7, 11) is -8.33. The number of fused-ring (bicyclic) bond motifs is 5. The Bertz CT molecular complexity index is 1860. The number of nitrogens with two attached hydrogens (primary N) is 2. The molecule has 0 spiro atoms. The molecule has 0 aromatic carbocycles. The van der Waals surface area contributed by atoms with E-state index in [1.165, 1.54) is 23.5 Å². The van der Waals surface area contributed by atoms with Crippen LogP contribution >= 0.6 is 16.0 Å². The van der Waals surface area contributed by atoms with Crippen LogP contribution in [0.2, 0.25) is 0 Å². The van der Waals surface area contributed by atoms with Crippen molar-refractivity contribution in [2.45, 2.75) is 49.4 Å². The molecule has 3 fully saturated rings. The van der Waals surface area contributed by atoms with Crippen molar-refractivity contribution in [1.29, 1.82) is 0 Å². The Hall–Kier alpha value is -3.24. The topological polar surface area (TPSA) is 302 Å². The fraction of sp³-hybridized carbons (Fsp3) is 0.524. The van der Waals surface area contributed by atoms with E-state index in [2.05, 4.69) is 29.9 Å². The summed E-state index contributed by atoms with van der Waals surface area (Å²) in [6, 6.07) is 0. The van der Waals surface area contributed by atoms with E-state index in [0.717, 1.165) is 7.11 Å². The Kier molecular flexibility index (Phi) is 7.59. The first-order valence-electron chi connectivity index (χ1n) is 13.3. The van der Waals surface area contributed by atoms with E-state index in [1.807, 2.05) is 0 Å². The van der Waals surface area contributed by atoms with Crippen molar-refractivity contribution in [2.75, 3.05) is 31.8 Å². The Morgan fingerprint density at radius 3 is 2.64 bits per heavy atom. The quantitative estimate of drug-likeness (QED) is 0.137. The van der Waals surface area contributed by atoms with Crippen molar-refractivity contribution in [3.05, 3.63) is 29.3 Å². The molecule has 3 aliphatic heterocycles. The molecule has 0 aliphatic carbocycles. The number of phosphoric ester groups is 1. The van der Waals surface area contributed by atoms with Gasteiger partial charge in [-0.1, -0.05) is 0 Å². The molecule has 8 atom stereocenters. The number of rotatable bonds is 3. The Morgan fingerprint density at radius 1 is 1.07 bits per heavy atom. The average Bonchev–Trinajstić information content (AvgIpc) is 3.76. The Labute approximate surface area is 251 Å². The number of nitrogens with one attached hydrogen (secondary N) is 1. The van der Waals surface area contributed by atoms with E-state index in [-0.39, 0.29) is 29.4 Å². The van der Waals surface area contributed by atoms with Crippen LogP contribution in [0.1, 0.15) is 18.9 Å². The fourth-order valence-corrected chi connectivity index (χ4v) is 7.64. The first-order valence-corrected chi connectivity index (χ1v) is 16.5. The normalized spacial score (nSPS) is 34.6. The Balaban J connectivity index is 1.20. The molecule has 3 aliphatic rings. The number of hydrogen-bond acceptors (Lipinski definition) is 18. The van der Waals surface area contributed by atoms with E-state index < -0.39 is 77.7 Å². The zero-order valence-electron chi connectivity index (χ0n) is 23.1. The van der Waals surface area contributed by atoms with Gasteiger partial charge in [-0.05, 0) is 0 Å². The van der Waals surface area contributed by atoms with E-state index in [1.54, 1.807) is 4.57 Å². The van der Waals surface area contributed by atoms with Crippen molar-refractivity contribution >= 4 is 50.1 Å². The second-order valence-corrected chi connectivity index (χ2v) is 13.7. The third-order valence-corrected chi connectivity index (χ3v) is 10.2. The van der Waals surface area contributed by atoms with Gasteiger partial charge in [0, 0.05) is 0 Å². The van der Waals surface area contributed by atoms with Crippen LogP contribution in [0.5, 0.6) is 0 Å². The van der Waals surface area contributed by atoms with Crippen LogP contribution in [0.4, 0.5) is 11.8 Å². The number of imidazole rings is 2. The summed E-state index contributed by atoms with van der Waals surface area (Å²) in [5, 5.41) is 11.2. The number of aliphatic hydroxyl groups excluding tert-OH is 1. The second kappa shape index (κ2) is 11.2. The number of anilines is 2. The van der Waals surface area contributed by atoms with Gasteiger partial charge in [0.15, 0.2) is 0 Å². The molecule has 6 unspecified atom stereocenters. The summed E-state index contributed by atoms with van der Waals surface area (Å²) in [5.41, 5.74) is 11.5. The molecule has 0 amide bonds. The average molecular weight is 674 g/mol. The van der Waals surface area contributed by atoms with E-state index in [4.69, 9.17) is 43.6 Å². The number of H-pyrrole nitrogens is 1. The molecule has 8 N–H and O–H groups in total. The third-order valence-electron chi connectivity index (χ3n) is 7.56. The third kappa shape index (κ3) is 5.47. The van der Waals surface area contributed by atoms with Gasteiger partial charge in [0.05, 0.1) is 0 Å². The minimum absolute atomic E-state index is 0.00134. The zero-order valence-corrected chi connectivity index (χ0v) is 25.0. The van der Waals surface area contributed by atoms with Gasteiger partial charge in [-0.15, -0.1) is 0 Å². The van der Waals surface area contributed by atoms with Gasteiger partial charge in [0.2, 0.25) is 0 Å². The second-order valence-electron chi connectivity index (χ2n) is 10.3. The summed E-state index contributed by atoms with van der Waals surface area (Å²) in [6.07, 6.45) is -4.82. The van der Waals surface area contributed by atoms with Gasteiger partial charge >= 0.3 is 251 Å². The number of ether oxygens (including phenoxy) is 2. The zero-order chi connectivity index (χ0) is 31.7. The monoisotopic (exact) mass is 674 g/mol. The van der Waals surface area contributed by atoms with Crippen LogP contribution in [-0.2, 0) is 36.7 Å².